The van der Waals surface area contributed by atoms with Crippen molar-refractivity contribution in [1.82, 2.24) is 0 Å². The van der Waals surface area contributed by atoms with Crippen LogP contribution in [0.2, 0.25) is 0 Å². The Hall–Kier alpha value is -5.12. The van der Waals surface area contributed by atoms with Gasteiger partial charge in [0.15, 0.2) is 0 Å². The average molecular weight is 647 g/mol. The van der Waals surface area contributed by atoms with Crippen LogP contribution in [0.15, 0.2) is 60.7 Å². The van der Waals surface area contributed by atoms with Crippen LogP contribution in [0.1, 0.15) is 83.7 Å². The number of fused-ring (bicyclic) bond motifs is 2. The number of esters is 6. The second kappa shape index (κ2) is 10.7. The Bertz CT molecular complexity index is 1790. The lowest BCUT2D eigenvalue weighted by Crippen LogP contribution is -2.34. The maximum atomic E-state index is 13.7. The molecule has 5 aliphatic carbocycles. The van der Waals surface area contributed by atoms with Crippen molar-refractivity contribution in [2.45, 2.75) is 50.4 Å². The van der Waals surface area contributed by atoms with E-state index in [1.165, 1.54) is 0 Å². The molecular formula is C38H30O10. The van der Waals surface area contributed by atoms with Crippen molar-refractivity contribution in [1.29, 1.82) is 0 Å². The number of cyclic esters (lactones) is 4. The van der Waals surface area contributed by atoms with Crippen molar-refractivity contribution >= 4 is 35.8 Å². The van der Waals surface area contributed by atoms with E-state index >= 15 is 0 Å². The molecule has 2 heterocycles. The van der Waals surface area contributed by atoms with E-state index < -0.39 is 71.3 Å². The van der Waals surface area contributed by atoms with Crippen molar-refractivity contribution in [3.8, 4) is 11.5 Å². The van der Waals surface area contributed by atoms with Crippen LogP contribution in [0.3, 0.4) is 0 Å². The molecular weight excluding hydrogens is 616 g/mol. The quantitative estimate of drug-likeness (QED) is 0.153. The van der Waals surface area contributed by atoms with E-state index in [4.69, 9.17) is 18.9 Å². The summed E-state index contributed by atoms with van der Waals surface area (Å²) in [4.78, 5) is 76.2. The molecule has 6 unspecified atom stereocenters. The highest BCUT2D eigenvalue weighted by molar-refractivity contribution is 5.98. The van der Waals surface area contributed by atoms with Crippen LogP contribution in [-0.4, -0.2) is 35.8 Å². The molecule has 48 heavy (non-hydrogen) atoms. The van der Waals surface area contributed by atoms with Gasteiger partial charge in [0.25, 0.3) is 0 Å². The minimum absolute atomic E-state index is 0.187. The van der Waals surface area contributed by atoms with Gasteiger partial charge in [-0.05, 0) is 72.9 Å². The molecule has 2 saturated heterocycles. The molecule has 2 saturated carbocycles. The van der Waals surface area contributed by atoms with Gasteiger partial charge in [0.1, 0.15) is 11.5 Å². The normalized spacial score (nSPS) is 30.7. The minimum Gasteiger partial charge on any atom is -0.426 e. The molecule has 7 aliphatic rings. The van der Waals surface area contributed by atoms with Crippen LogP contribution >= 0.6 is 0 Å². The number of rotatable bonds is 4. The Morgan fingerprint density at radius 1 is 0.500 bits per heavy atom. The molecule has 10 nitrogen and oxygen atoms in total. The first-order valence-electron chi connectivity index (χ1n) is 16.6. The van der Waals surface area contributed by atoms with Crippen molar-refractivity contribution in [2.24, 2.45) is 35.5 Å². The van der Waals surface area contributed by atoms with Crippen molar-refractivity contribution in [3.63, 3.8) is 0 Å². The standard InChI is InChI=1S/C38H30O10/c39-33(17-9-11-23-25(15-17)37(43)47-35(23)41)45-27-13-14-28(46-34(40)18-10-12-24-26(16-18)38(44)48-36(24)42)32-30-20-6-2-1-5-19(20)29(31(27)32)21-7-3-4-8-22(21)30/h1-8,13-14,17-18,23-26,29-30H,9-12,15-16H2. The Morgan fingerprint density at radius 3 is 1.23 bits per heavy atom. The number of hydrogen-bond donors (Lipinski definition) is 0. The Balaban J connectivity index is 1.08. The maximum absolute atomic E-state index is 13.7. The van der Waals surface area contributed by atoms with E-state index in [1.807, 2.05) is 24.3 Å². The number of hydrogen-bond acceptors (Lipinski definition) is 10. The second-order valence-corrected chi connectivity index (χ2v) is 13.8. The molecule has 2 bridgehead atoms. The van der Waals surface area contributed by atoms with Gasteiger partial charge in [-0.15, -0.1) is 0 Å². The largest absolute Gasteiger partial charge is 0.426 e. The van der Waals surface area contributed by atoms with Crippen LogP contribution in [0.5, 0.6) is 11.5 Å². The topological polar surface area (TPSA) is 139 Å². The molecule has 6 atom stereocenters. The zero-order valence-electron chi connectivity index (χ0n) is 25.7. The summed E-state index contributed by atoms with van der Waals surface area (Å²) in [6.07, 6.45) is 1.93. The predicted molar refractivity (Wildman–Crippen MR) is 163 cm³/mol. The van der Waals surface area contributed by atoms with E-state index in [1.54, 1.807) is 12.1 Å². The number of carbonyl (C=O) groups excluding carboxylic acids is 6. The fourth-order valence-electron chi connectivity index (χ4n) is 9.14. The molecule has 0 aromatic heterocycles. The lowest BCUT2D eigenvalue weighted by Gasteiger charge is -2.43. The van der Waals surface area contributed by atoms with Crippen LogP contribution in [0.25, 0.3) is 0 Å². The molecule has 2 aliphatic heterocycles. The molecule has 0 radical (unpaired) electrons. The van der Waals surface area contributed by atoms with Gasteiger partial charge in [0.2, 0.25) is 0 Å². The van der Waals surface area contributed by atoms with E-state index in [0.29, 0.717) is 37.2 Å². The van der Waals surface area contributed by atoms with E-state index in [-0.39, 0.29) is 24.7 Å². The zero-order chi connectivity index (χ0) is 32.8. The van der Waals surface area contributed by atoms with Crippen molar-refractivity contribution in [3.05, 3.63) is 94.0 Å². The molecule has 10 rings (SSSR count). The first-order valence-corrected chi connectivity index (χ1v) is 16.6. The molecule has 3 aromatic carbocycles. The highest BCUT2D eigenvalue weighted by Gasteiger charge is 2.51. The summed E-state index contributed by atoms with van der Waals surface area (Å²) in [5, 5.41) is 0. The maximum Gasteiger partial charge on any atom is 0.317 e. The third-order valence-electron chi connectivity index (χ3n) is 11.4. The summed E-state index contributed by atoms with van der Waals surface area (Å²) >= 11 is 0. The fraction of sp³-hybridized carbons (Fsp3) is 0.368. The third kappa shape index (κ3) is 4.24. The zero-order valence-corrected chi connectivity index (χ0v) is 25.7. The molecule has 0 spiro atoms. The second-order valence-electron chi connectivity index (χ2n) is 13.8. The van der Waals surface area contributed by atoms with Crippen LogP contribution in [-0.2, 0) is 38.2 Å². The molecule has 3 aromatic rings. The van der Waals surface area contributed by atoms with Crippen molar-refractivity contribution in [2.75, 3.05) is 0 Å². The van der Waals surface area contributed by atoms with Crippen LogP contribution in [0, 0.1) is 35.5 Å². The van der Waals surface area contributed by atoms with Gasteiger partial charge in [-0.3, -0.25) is 28.8 Å². The number of benzene rings is 3. The van der Waals surface area contributed by atoms with Gasteiger partial charge in [0.05, 0.1) is 35.5 Å². The van der Waals surface area contributed by atoms with Gasteiger partial charge < -0.3 is 18.9 Å². The van der Waals surface area contributed by atoms with Gasteiger partial charge in [-0.25, -0.2) is 0 Å². The Morgan fingerprint density at radius 2 is 0.854 bits per heavy atom. The summed E-state index contributed by atoms with van der Waals surface area (Å²) in [7, 11) is 0. The molecule has 0 amide bonds. The summed E-state index contributed by atoms with van der Waals surface area (Å²) in [6.45, 7) is 0. The van der Waals surface area contributed by atoms with Gasteiger partial charge in [-0.1, -0.05) is 48.5 Å². The minimum atomic E-state index is -0.645. The summed E-state index contributed by atoms with van der Waals surface area (Å²) in [6, 6.07) is 19.5. The molecule has 4 fully saturated rings. The number of carbonyl (C=O) groups is 6. The summed E-state index contributed by atoms with van der Waals surface area (Å²) in [5.74, 6) is -6.53. The SMILES string of the molecule is O=C(Oc1ccc(OC(=O)C2CCC3C(=O)OC(=O)C3C2)c2c1C1c3ccccc3C2c2ccccc21)C1CCC2C(=O)OC(=O)C2C1. The Labute approximate surface area is 274 Å². The van der Waals surface area contributed by atoms with Gasteiger partial charge in [0, 0.05) is 23.0 Å². The van der Waals surface area contributed by atoms with E-state index in [2.05, 4.69) is 24.3 Å². The first-order chi connectivity index (χ1) is 23.3. The molecule has 242 valence electrons. The van der Waals surface area contributed by atoms with Gasteiger partial charge >= 0.3 is 35.8 Å². The van der Waals surface area contributed by atoms with Crippen molar-refractivity contribution < 1.29 is 47.7 Å². The molecule has 0 N–H and O–H groups in total. The number of ether oxygens (including phenoxy) is 4. The Kier molecular flexibility index (Phi) is 6.48. The predicted octanol–water partition coefficient (Wildman–Crippen LogP) is 4.72. The first kappa shape index (κ1) is 29.1. The van der Waals surface area contributed by atoms with Gasteiger partial charge in [-0.2, -0.15) is 0 Å². The molecule has 10 heteroatoms. The third-order valence-corrected chi connectivity index (χ3v) is 11.4. The van der Waals surface area contributed by atoms with E-state index in [9.17, 15) is 28.8 Å². The van der Waals surface area contributed by atoms with Crippen LogP contribution < -0.4 is 9.47 Å². The smallest absolute Gasteiger partial charge is 0.317 e. The van der Waals surface area contributed by atoms with E-state index in [0.717, 1.165) is 33.4 Å². The highest BCUT2D eigenvalue weighted by Crippen LogP contribution is 2.60. The monoisotopic (exact) mass is 646 g/mol. The van der Waals surface area contributed by atoms with Crippen LogP contribution in [0.4, 0.5) is 0 Å². The summed E-state index contributed by atoms with van der Waals surface area (Å²) < 4.78 is 22.1. The average Bonchev–Trinajstić information content (AvgIpc) is 3.56. The lowest BCUT2D eigenvalue weighted by atomic mass is 9.60. The lowest BCUT2D eigenvalue weighted by molar-refractivity contribution is -0.155. The summed E-state index contributed by atoms with van der Waals surface area (Å²) in [5.41, 5.74) is 5.78. The highest BCUT2D eigenvalue weighted by atomic mass is 16.6. The fourth-order valence-corrected chi connectivity index (χ4v) is 9.14.